The van der Waals surface area contributed by atoms with E-state index in [0.29, 0.717) is 5.92 Å². The number of nitrogens with zero attached hydrogens (tertiary/aromatic N) is 1. The number of aromatic amines is 1. The Morgan fingerprint density at radius 3 is 2.89 bits per heavy atom. The van der Waals surface area contributed by atoms with Crippen molar-refractivity contribution in [2.24, 2.45) is 13.0 Å². The van der Waals surface area contributed by atoms with E-state index in [9.17, 15) is 4.79 Å². The topological polar surface area (TPSA) is 49.8 Å². The predicted octanol–water partition coefficient (Wildman–Crippen LogP) is 1.22. The summed E-state index contributed by atoms with van der Waals surface area (Å²) < 4.78 is 1.63. The van der Waals surface area contributed by atoms with Crippen molar-refractivity contribution in [1.29, 1.82) is 0 Å². The average Bonchev–Trinajstić information content (AvgIpc) is 2.74. The van der Waals surface area contributed by atoms with Gasteiger partial charge in [-0.15, -0.1) is 0 Å². The number of H-pyrrole nitrogens is 1. The highest BCUT2D eigenvalue weighted by molar-refractivity contribution is 5.82. The van der Waals surface area contributed by atoms with Crippen molar-refractivity contribution in [1.82, 2.24) is 14.9 Å². The van der Waals surface area contributed by atoms with Gasteiger partial charge >= 0.3 is 5.69 Å². The molecule has 1 aromatic heterocycles. The van der Waals surface area contributed by atoms with E-state index in [1.165, 1.54) is 0 Å². The van der Waals surface area contributed by atoms with Gasteiger partial charge in [0.2, 0.25) is 0 Å². The average molecular weight is 255 g/mol. The summed E-state index contributed by atoms with van der Waals surface area (Å²) in [4.78, 5) is 14.5. The summed E-state index contributed by atoms with van der Waals surface area (Å²) in [5.74, 6) is 7.07. The minimum absolute atomic E-state index is 0.0916. The molecule has 0 spiro atoms. The first kappa shape index (κ1) is 12.1. The number of hydrogen-bond donors (Lipinski definition) is 2. The zero-order valence-electron chi connectivity index (χ0n) is 11.0. The van der Waals surface area contributed by atoms with Crippen LogP contribution in [0.5, 0.6) is 0 Å². The molecular weight excluding hydrogens is 238 g/mol. The summed E-state index contributed by atoms with van der Waals surface area (Å²) in [7, 11) is 1.77. The Morgan fingerprint density at radius 2 is 2.11 bits per heavy atom. The number of aryl methyl sites for hydroxylation is 1. The fourth-order valence-corrected chi connectivity index (χ4v) is 2.55. The Hall–Kier alpha value is -1.99. The molecule has 1 saturated heterocycles. The predicted molar refractivity (Wildman–Crippen MR) is 76.0 cm³/mol. The van der Waals surface area contributed by atoms with Crippen LogP contribution in [0, 0.1) is 17.8 Å². The molecule has 4 heteroatoms. The van der Waals surface area contributed by atoms with Crippen molar-refractivity contribution in [2.45, 2.75) is 12.8 Å². The Labute approximate surface area is 111 Å². The van der Waals surface area contributed by atoms with E-state index in [4.69, 9.17) is 0 Å². The Bertz CT molecular complexity index is 708. The number of rotatable bonds is 0. The molecule has 98 valence electrons. The van der Waals surface area contributed by atoms with Gasteiger partial charge in [0.15, 0.2) is 0 Å². The van der Waals surface area contributed by atoms with Gasteiger partial charge in [-0.25, -0.2) is 4.79 Å². The van der Waals surface area contributed by atoms with Gasteiger partial charge < -0.3 is 10.3 Å². The summed E-state index contributed by atoms with van der Waals surface area (Å²) >= 11 is 0. The van der Waals surface area contributed by atoms with Crippen LogP contribution in [-0.2, 0) is 7.05 Å². The SMILES string of the molecule is Cn1c(=O)[nH]c2cccc(C#CC3CCNCC3)c21. The van der Waals surface area contributed by atoms with Gasteiger partial charge in [-0.2, -0.15) is 0 Å². The molecule has 3 rings (SSSR count). The maximum absolute atomic E-state index is 11.6. The zero-order chi connectivity index (χ0) is 13.2. The number of piperidine rings is 1. The van der Waals surface area contributed by atoms with E-state index in [2.05, 4.69) is 22.1 Å². The summed E-state index contributed by atoms with van der Waals surface area (Å²) in [6, 6.07) is 5.82. The summed E-state index contributed by atoms with van der Waals surface area (Å²) in [6.07, 6.45) is 2.21. The minimum Gasteiger partial charge on any atom is -0.317 e. The minimum atomic E-state index is -0.0916. The highest BCUT2D eigenvalue weighted by Crippen LogP contribution is 2.15. The molecule has 0 aliphatic carbocycles. The van der Waals surface area contributed by atoms with Crippen LogP contribution in [-0.4, -0.2) is 22.6 Å². The second kappa shape index (κ2) is 4.94. The fourth-order valence-electron chi connectivity index (χ4n) is 2.55. The third-order valence-corrected chi connectivity index (χ3v) is 3.67. The summed E-state index contributed by atoms with van der Waals surface area (Å²) in [5.41, 5.74) is 2.58. The zero-order valence-corrected chi connectivity index (χ0v) is 11.0. The van der Waals surface area contributed by atoms with Crippen LogP contribution in [0.25, 0.3) is 11.0 Å². The van der Waals surface area contributed by atoms with Crippen LogP contribution in [0.2, 0.25) is 0 Å². The van der Waals surface area contributed by atoms with Crippen molar-refractivity contribution in [2.75, 3.05) is 13.1 Å². The Kier molecular flexibility index (Phi) is 3.14. The van der Waals surface area contributed by atoms with Crippen molar-refractivity contribution in [3.8, 4) is 11.8 Å². The van der Waals surface area contributed by atoms with Crippen molar-refractivity contribution in [3.63, 3.8) is 0 Å². The number of fused-ring (bicyclic) bond motifs is 1. The lowest BCUT2D eigenvalue weighted by atomic mass is 9.98. The molecule has 0 saturated carbocycles. The first-order chi connectivity index (χ1) is 9.25. The van der Waals surface area contributed by atoms with Gasteiger partial charge in [0, 0.05) is 13.0 Å². The monoisotopic (exact) mass is 255 g/mol. The van der Waals surface area contributed by atoms with E-state index in [0.717, 1.165) is 42.5 Å². The Morgan fingerprint density at radius 1 is 1.32 bits per heavy atom. The first-order valence-corrected chi connectivity index (χ1v) is 6.65. The molecule has 1 aromatic carbocycles. The van der Waals surface area contributed by atoms with Crippen molar-refractivity contribution < 1.29 is 0 Å². The molecule has 1 aliphatic heterocycles. The number of imidazole rings is 1. The van der Waals surface area contributed by atoms with Gasteiger partial charge in [-0.1, -0.05) is 17.9 Å². The van der Waals surface area contributed by atoms with E-state index < -0.39 is 0 Å². The first-order valence-electron chi connectivity index (χ1n) is 6.65. The number of para-hydroxylation sites is 1. The normalized spacial score (nSPS) is 16.3. The molecule has 0 amide bonds. The van der Waals surface area contributed by atoms with Gasteiger partial charge in [0.25, 0.3) is 0 Å². The lowest BCUT2D eigenvalue weighted by Crippen LogP contribution is -2.26. The van der Waals surface area contributed by atoms with Crippen LogP contribution in [0.4, 0.5) is 0 Å². The quantitative estimate of drug-likeness (QED) is 0.695. The highest BCUT2D eigenvalue weighted by atomic mass is 16.1. The van der Waals surface area contributed by atoms with Crippen LogP contribution in [0.15, 0.2) is 23.0 Å². The van der Waals surface area contributed by atoms with Crippen molar-refractivity contribution in [3.05, 3.63) is 34.2 Å². The second-order valence-corrected chi connectivity index (χ2v) is 4.98. The van der Waals surface area contributed by atoms with Crippen LogP contribution < -0.4 is 11.0 Å². The molecule has 2 N–H and O–H groups in total. The van der Waals surface area contributed by atoms with Gasteiger partial charge in [0.1, 0.15) is 0 Å². The number of benzene rings is 1. The van der Waals surface area contributed by atoms with E-state index in [1.807, 2.05) is 18.2 Å². The molecule has 0 bridgehead atoms. The molecule has 0 unspecified atom stereocenters. The van der Waals surface area contributed by atoms with E-state index in [-0.39, 0.29) is 5.69 Å². The Balaban J connectivity index is 2.01. The number of aromatic nitrogens is 2. The molecule has 0 atom stereocenters. The maximum atomic E-state index is 11.6. The molecule has 2 aromatic rings. The van der Waals surface area contributed by atoms with Crippen LogP contribution >= 0.6 is 0 Å². The molecule has 1 aliphatic rings. The lowest BCUT2D eigenvalue weighted by Gasteiger charge is -2.17. The molecular formula is C15H17N3O. The molecule has 4 nitrogen and oxygen atoms in total. The standard InChI is InChI=1S/C15H17N3O/c1-18-14-12(3-2-4-13(14)17-15(18)19)6-5-11-7-9-16-10-8-11/h2-4,11,16H,7-10H2,1H3,(H,17,19). The van der Waals surface area contributed by atoms with Gasteiger partial charge in [0.05, 0.1) is 16.6 Å². The van der Waals surface area contributed by atoms with E-state index >= 15 is 0 Å². The molecule has 2 heterocycles. The number of nitrogens with one attached hydrogen (secondary N) is 2. The van der Waals surface area contributed by atoms with Gasteiger partial charge in [-0.3, -0.25) is 4.57 Å². The highest BCUT2D eigenvalue weighted by Gasteiger charge is 2.10. The number of hydrogen-bond acceptors (Lipinski definition) is 2. The second-order valence-electron chi connectivity index (χ2n) is 4.98. The van der Waals surface area contributed by atoms with Crippen molar-refractivity contribution >= 4 is 11.0 Å². The summed E-state index contributed by atoms with van der Waals surface area (Å²) in [6.45, 7) is 2.10. The third kappa shape index (κ3) is 2.29. The van der Waals surface area contributed by atoms with Gasteiger partial charge in [-0.05, 0) is 38.1 Å². The largest absolute Gasteiger partial charge is 0.326 e. The molecule has 1 fully saturated rings. The maximum Gasteiger partial charge on any atom is 0.326 e. The molecule has 0 radical (unpaired) electrons. The third-order valence-electron chi connectivity index (χ3n) is 3.67. The lowest BCUT2D eigenvalue weighted by molar-refractivity contribution is 0.447. The van der Waals surface area contributed by atoms with Crippen LogP contribution in [0.3, 0.4) is 0 Å². The fraction of sp³-hybridized carbons (Fsp3) is 0.400. The van der Waals surface area contributed by atoms with E-state index in [1.54, 1.807) is 11.6 Å². The molecule has 19 heavy (non-hydrogen) atoms. The smallest absolute Gasteiger partial charge is 0.317 e. The van der Waals surface area contributed by atoms with Crippen LogP contribution in [0.1, 0.15) is 18.4 Å². The summed E-state index contributed by atoms with van der Waals surface area (Å²) in [5, 5.41) is 3.34.